The lowest BCUT2D eigenvalue weighted by atomic mass is 10.0. The molecule has 0 unspecified atom stereocenters. The zero-order chi connectivity index (χ0) is 11.5. The van der Waals surface area contributed by atoms with Crippen molar-refractivity contribution in [3.63, 3.8) is 0 Å². The first-order valence-electron chi connectivity index (χ1n) is 5.38. The lowest BCUT2D eigenvalue weighted by Crippen LogP contribution is -1.87. The lowest BCUT2D eigenvalue weighted by molar-refractivity contribution is 0.867. The largest absolute Gasteiger partial charge is 0.256 e. The van der Waals surface area contributed by atoms with Crippen molar-refractivity contribution in [1.29, 1.82) is 0 Å². The van der Waals surface area contributed by atoms with Gasteiger partial charge in [0.05, 0.1) is 5.69 Å². The monoisotopic (exact) mass is 231 g/mol. The van der Waals surface area contributed by atoms with Crippen molar-refractivity contribution in [1.82, 2.24) is 4.98 Å². The Kier molecular flexibility index (Phi) is 3.25. The van der Waals surface area contributed by atoms with Gasteiger partial charge in [-0.15, -0.1) is 0 Å². The maximum atomic E-state index is 5.94. The van der Waals surface area contributed by atoms with Crippen LogP contribution in [0.3, 0.4) is 0 Å². The minimum Gasteiger partial charge on any atom is -0.256 e. The Balaban J connectivity index is 2.35. The first kappa shape index (κ1) is 11.2. The van der Waals surface area contributed by atoms with E-state index >= 15 is 0 Å². The second-order valence-electron chi connectivity index (χ2n) is 4.14. The highest BCUT2D eigenvalue weighted by atomic mass is 35.5. The molecule has 82 valence electrons. The number of nitrogens with zero attached hydrogens (tertiary/aromatic N) is 1. The van der Waals surface area contributed by atoms with Crippen LogP contribution < -0.4 is 0 Å². The SMILES string of the molecule is CC(C)c1ccc(-c2cc(Cl)ccn2)cc1. The van der Waals surface area contributed by atoms with Crippen LogP contribution in [-0.4, -0.2) is 4.98 Å². The molecule has 0 bridgehead atoms. The van der Waals surface area contributed by atoms with Crippen molar-refractivity contribution < 1.29 is 0 Å². The zero-order valence-electron chi connectivity index (χ0n) is 9.44. The summed E-state index contributed by atoms with van der Waals surface area (Å²) in [7, 11) is 0. The van der Waals surface area contributed by atoms with Crippen LogP contribution in [0.15, 0.2) is 42.6 Å². The average Bonchev–Trinajstić information content (AvgIpc) is 2.29. The average molecular weight is 232 g/mol. The summed E-state index contributed by atoms with van der Waals surface area (Å²) >= 11 is 5.94. The van der Waals surface area contributed by atoms with Crippen LogP contribution in [0.4, 0.5) is 0 Å². The number of aromatic nitrogens is 1. The van der Waals surface area contributed by atoms with Crippen molar-refractivity contribution in [2.45, 2.75) is 19.8 Å². The Morgan fingerprint density at radius 3 is 2.31 bits per heavy atom. The maximum Gasteiger partial charge on any atom is 0.0716 e. The quantitative estimate of drug-likeness (QED) is 0.740. The van der Waals surface area contributed by atoms with Gasteiger partial charge in [0, 0.05) is 16.8 Å². The van der Waals surface area contributed by atoms with E-state index in [4.69, 9.17) is 11.6 Å². The van der Waals surface area contributed by atoms with E-state index in [-0.39, 0.29) is 0 Å². The molecular weight excluding hydrogens is 218 g/mol. The van der Waals surface area contributed by atoms with Gasteiger partial charge in [0.25, 0.3) is 0 Å². The van der Waals surface area contributed by atoms with Gasteiger partial charge in [-0.3, -0.25) is 4.98 Å². The predicted molar refractivity (Wildman–Crippen MR) is 68.8 cm³/mol. The summed E-state index contributed by atoms with van der Waals surface area (Å²) in [5.41, 5.74) is 3.36. The van der Waals surface area contributed by atoms with Gasteiger partial charge in [0.1, 0.15) is 0 Å². The van der Waals surface area contributed by atoms with E-state index < -0.39 is 0 Å². The van der Waals surface area contributed by atoms with Crippen LogP contribution in [0.5, 0.6) is 0 Å². The number of hydrogen-bond acceptors (Lipinski definition) is 1. The third-order valence-electron chi connectivity index (χ3n) is 2.60. The van der Waals surface area contributed by atoms with Crippen LogP contribution in [0, 0.1) is 0 Å². The summed E-state index contributed by atoms with van der Waals surface area (Å²) in [6, 6.07) is 12.1. The van der Waals surface area contributed by atoms with E-state index in [0.29, 0.717) is 5.92 Å². The second kappa shape index (κ2) is 4.67. The molecule has 0 saturated heterocycles. The number of pyridine rings is 1. The Bertz CT molecular complexity index is 474. The van der Waals surface area contributed by atoms with E-state index in [9.17, 15) is 0 Å². The van der Waals surface area contributed by atoms with E-state index in [1.54, 1.807) is 12.3 Å². The summed E-state index contributed by atoms with van der Waals surface area (Å²) in [5, 5.41) is 0.720. The first-order chi connectivity index (χ1) is 7.66. The number of halogens is 1. The molecule has 0 radical (unpaired) electrons. The summed E-state index contributed by atoms with van der Waals surface area (Å²) in [5.74, 6) is 0.557. The Morgan fingerprint density at radius 1 is 1.06 bits per heavy atom. The highest BCUT2D eigenvalue weighted by Gasteiger charge is 2.02. The van der Waals surface area contributed by atoms with Crippen molar-refractivity contribution in [3.8, 4) is 11.3 Å². The minimum atomic E-state index is 0.557. The first-order valence-corrected chi connectivity index (χ1v) is 5.76. The topological polar surface area (TPSA) is 12.9 Å². The van der Waals surface area contributed by atoms with Gasteiger partial charge < -0.3 is 0 Å². The van der Waals surface area contributed by atoms with E-state index in [2.05, 4.69) is 43.1 Å². The standard InChI is InChI=1S/C14H14ClN/c1-10(2)11-3-5-12(6-4-11)14-9-13(15)7-8-16-14/h3-10H,1-2H3. The molecule has 1 nitrogen and oxygen atoms in total. The van der Waals surface area contributed by atoms with Crippen LogP contribution in [0.25, 0.3) is 11.3 Å². The van der Waals surface area contributed by atoms with Crippen LogP contribution in [0.1, 0.15) is 25.3 Å². The van der Waals surface area contributed by atoms with E-state index in [0.717, 1.165) is 16.3 Å². The molecule has 0 aliphatic carbocycles. The normalized spacial score (nSPS) is 10.8. The van der Waals surface area contributed by atoms with E-state index in [1.807, 2.05) is 6.07 Å². The van der Waals surface area contributed by atoms with Gasteiger partial charge in [-0.05, 0) is 23.6 Å². The van der Waals surface area contributed by atoms with Crippen molar-refractivity contribution in [3.05, 3.63) is 53.2 Å². The zero-order valence-corrected chi connectivity index (χ0v) is 10.2. The molecule has 0 atom stereocenters. The lowest BCUT2D eigenvalue weighted by Gasteiger charge is -2.06. The van der Waals surface area contributed by atoms with Crippen LogP contribution in [0.2, 0.25) is 5.02 Å². The second-order valence-corrected chi connectivity index (χ2v) is 4.57. The minimum absolute atomic E-state index is 0.557. The highest BCUT2D eigenvalue weighted by molar-refractivity contribution is 6.30. The van der Waals surface area contributed by atoms with Crippen LogP contribution in [-0.2, 0) is 0 Å². The molecular formula is C14H14ClN. The summed E-state index contributed by atoms with van der Waals surface area (Å²) < 4.78 is 0. The van der Waals surface area contributed by atoms with Crippen LogP contribution >= 0.6 is 11.6 Å². The van der Waals surface area contributed by atoms with Gasteiger partial charge in [-0.1, -0.05) is 49.7 Å². The van der Waals surface area contributed by atoms with Gasteiger partial charge in [0.15, 0.2) is 0 Å². The predicted octanol–water partition coefficient (Wildman–Crippen LogP) is 4.53. The number of benzene rings is 1. The molecule has 2 aromatic rings. The molecule has 0 N–H and O–H groups in total. The molecule has 2 rings (SSSR count). The van der Waals surface area contributed by atoms with Gasteiger partial charge in [-0.25, -0.2) is 0 Å². The van der Waals surface area contributed by atoms with Crippen molar-refractivity contribution in [2.24, 2.45) is 0 Å². The molecule has 0 amide bonds. The molecule has 1 heterocycles. The third kappa shape index (κ3) is 2.42. The van der Waals surface area contributed by atoms with Gasteiger partial charge in [0.2, 0.25) is 0 Å². The summed E-state index contributed by atoms with van der Waals surface area (Å²) in [6.45, 7) is 4.37. The van der Waals surface area contributed by atoms with Crippen molar-refractivity contribution in [2.75, 3.05) is 0 Å². The molecule has 2 heteroatoms. The Morgan fingerprint density at radius 2 is 1.75 bits per heavy atom. The molecule has 0 fully saturated rings. The fraction of sp³-hybridized carbons (Fsp3) is 0.214. The smallest absolute Gasteiger partial charge is 0.0716 e. The number of rotatable bonds is 2. The molecule has 1 aromatic heterocycles. The Hall–Kier alpha value is -1.34. The molecule has 0 saturated carbocycles. The maximum absolute atomic E-state index is 5.94. The highest BCUT2D eigenvalue weighted by Crippen LogP contribution is 2.22. The fourth-order valence-electron chi connectivity index (χ4n) is 1.60. The molecule has 1 aromatic carbocycles. The van der Waals surface area contributed by atoms with Gasteiger partial charge in [-0.2, -0.15) is 0 Å². The summed E-state index contributed by atoms with van der Waals surface area (Å²) in [6.07, 6.45) is 1.73. The third-order valence-corrected chi connectivity index (χ3v) is 2.83. The van der Waals surface area contributed by atoms with Gasteiger partial charge >= 0.3 is 0 Å². The van der Waals surface area contributed by atoms with E-state index in [1.165, 1.54) is 5.56 Å². The Labute approximate surface area is 101 Å². The molecule has 16 heavy (non-hydrogen) atoms. The van der Waals surface area contributed by atoms with Crippen molar-refractivity contribution >= 4 is 11.6 Å². The fourth-order valence-corrected chi connectivity index (χ4v) is 1.76. The molecule has 0 aliphatic heterocycles. The number of hydrogen-bond donors (Lipinski definition) is 0. The molecule has 0 spiro atoms. The summed E-state index contributed by atoms with van der Waals surface area (Å²) in [4.78, 5) is 4.30. The molecule has 0 aliphatic rings.